The van der Waals surface area contributed by atoms with Gasteiger partial charge in [0, 0.05) is 10.6 Å². The van der Waals surface area contributed by atoms with E-state index in [9.17, 15) is 13.6 Å². The molecule has 0 spiro atoms. The van der Waals surface area contributed by atoms with Gasteiger partial charge in [-0.15, -0.1) is 0 Å². The van der Waals surface area contributed by atoms with Crippen LogP contribution in [-0.4, -0.2) is 18.2 Å². The number of rotatable bonds is 4. The normalized spacial score (nSPS) is 11.3. The predicted octanol–water partition coefficient (Wildman–Crippen LogP) is 4.30. The maximum Gasteiger partial charge on any atom is 0.387 e. The van der Waals surface area contributed by atoms with Gasteiger partial charge in [0.1, 0.15) is 11.4 Å². The Bertz CT molecular complexity index is 522. The summed E-state index contributed by atoms with van der Waals surface area (Å²) in [5.41, 5.74) is -0.743. The van der Waals surface area contributed by atoms with Crippen LogP contribution in [0.1, 0.15) is 26.3 Å². The zero-order valence-electron chi connectivity index (χ0n) is 11.4. The van der Waals surface area contributed by atoms with Gasteiger partial charge in [0.05, 0.1) is 5.57 Å². The summed E-state index contributed by atoms with van der Waals surface area (Å²) in [5, 5.41) is 0.270. The summed E-state index contributed by atoms with van der Waals surface area (Å²) < 4.78 is 34.1. The minimum atomic E-state index is -3.01. The molecule has 1 aromatic rings. The van der Waals surface area contributed by atoms with E-state index in [4.69, 9.17) is 16.3 Å². The van der Waals surface area contributed by atoms with Gasteiger partial charge in [-0.2, -0.15) is 8.78 Å². The molecule has 1 aromatic carbocycles. The van der Waals surface area contributed by atoms with E-state index in [1.165, 1.54) is 18.2 Å². The SMILES string of the molecule is C=C(C(=O)OC(C)(C)C)c1cc(Cl)ccc1OC(F)F. The van der Waals surface area contributed by atoms with Gasteiger partial charge < -0.3 is 9.47 Å². The van der Waals surface area contributed by atoms with Crippen molar-refractivity contribution >= 4 is 23.1 Å². The van der Waals surface area contributed by atoms with E-state index in [1.807, 2.05) is 0 Å². The van der Waals surface area contributed by atoms with E-state index in [1.54, 1.807) is 20.8 Å². The number of carbonyl (C=O) groups excluding carboxylic acids is 1. The molecule has 0 bridgehead atoms. The second-order valence-corrected chi connectivity index (χ2v) is 5.44. The number of hydrogen-bond acceptors (Lipinski definition) is 3. The largest absolute Gasteiger partial charge is 0.456 e. The standard InChI is InChI=1S/C14H15ClF2O3/c1-8(12(18)20-14(2,3)4)10-7-9(15)5-6-11(10)19-13(16)17/h5-7,13H,1H2,2-4H3. The monoisotopic (exact) mass is 304 g/mol. The van der Waals surface area contributed by atoms with Crippen molar-refractivity contribution in [2.45, 2.75) is 33.0 Å². The lowest BCUT2D eigenvalue weighted by molar-refractivity contribution is -0.147. The van der Waals surface area contributed by atoms with Gasteiger partial charge in [-0.1, -0.05) is 18.2 Å². The maximum absolute atomic E-state index is 12.3. The summed E-state index contributed by atoms with van der Waals surface area (Å²) in [6.45, 7) is 5.61. The quantitative estimate of drug-likeness (QED) is 0.614. The topological polar surface area (TPSA) is 35.5 Å². The van der Waals surface area contributed by atoms with Crippen molar-refractivity contribution in [2.75, 3.05) is 0 Å². The minimum Gasteiger partial charge on any atom is -0.456 e. The summed E-state index contributed by atoms with van der Waals surface area (Å²) in [4.78, 5) is 11.9. The third-order valence-corrected chi connectivity index (χ3v) is 2.36. The Morgan fingerprint density at radius 2 is 1.95 bits per heavy atom. The number of esters is 1. The second kappa shape index (κ2) is 6.22. The van der Waals surface area contributed by atoms with Gasteiger partial charge in [-0.25, -0.2) is 4.79 Å². The molecule has 0 saturated heterocycles. The van der Waals surface area contributed by atoms with Gasteiger partial charge in [0.2, 0.25) is 0 Å². The highest BCUT2D eigenvalue weighted by atomic mass is 35.5. The van der Waals surface area contributed by atoms with Crippen LogP contribution in [0.3, 0.4) is 0 Å². The van der Waals surface area contributed by atoms with Crippen molar-refractivity contribution in [1.82, 2.24) is 0 Å². The Hall–Kier alpha value is -1.62. The van der Waals surface area contributed by atoms with Crippen molar-refractivity contribution in [3.05, 3.63) is 35.4 Å². The van der Waals surface area contributed by atoms with Gasteiger partial charge in [-0.05, 0) is 39.0 Å². The lowest BCUT2D eigenvalue weighted by atomic mass is 10.1. The van der Waals surface area contributed by atoms with Crippen LogP contribution in [-0.2, 0) is 9.53 Å². The van der Waals surface area contributed by atoms with E-state index in [0.717, 1.165) is 0 Å². The molecule has 0 aromatic heterocycles. The second-order valence-electron chi connectivity index (χ2n) is 5.00. The Labute approximate surface area is 121 Å². The molecule has 1 rings (SSSR count). The Balaban J connectivity index is 3.07. The van der Waals surface area contributed by atoms with Crippen molar-refractivity contribution in [1.29, 1.82) is 0 Å². The van der Waals surface area contributed by atoms with E-state index < -0.39 is 18.2 Å². The van der Waals surface area contributed by atoms with Gasteiger partial charge in [0.25, 0.3) is 0 Å². The molecule has 110 valence electrons. The molecule has 0 aliphatic carbocycles. The Kier molecular flexibility index (Phi) is 5.11. The minimum absolute atomic E-state index is 0.0760. The summed E-state index contributed by atoms with van der Waals surface area (Å²) in [7, 11) is 0. The predicted molar refractivity (Wildman–Crippen MR) is 73.0 cm³/mol. The fraction of sp³-hybridized carbons (Fsp3) is 0.357. The first-order valence-corrected chi connectivity index (χ1v) is 6.15. The van der Waals surface area contributed by atoms with Crippen molar-refractivity contribution in [2.24, 2.45) is 0 Å². The number of benzene rings is 1. The third-order valence-electron chi connectivity index (χ3n) is 2.13. The molecule has 0 unspecified atom stereocenters. The van der Waals surface area contributed by atoms with Crippen molar-refractivity contribution in [3.63, 3.8) is 0 Å². The fourth-order valence-corrected chi connectivity index (χ4v) is 1.56. The van der Waals surface area contributed by atoms with Gasteiger partial charge >= 0.3 is 12.6 Å². The number of carbonyl (C=O) groups is 1. The maximum atomic E-state index is 12.3. The molecule has 20 heavy (non-hydrogen) atoms. The number of halogens is 3. The first kappa shape index (κ1) is 16.4. The average Bonchev–Trinajstić information content (AvgIpc) is 2.27. The lowest BCUT2D eigenvalue weighted by Gasteiger charge is -2.21. The van der Waals surface area contributed by atoms with Crippen molar-refractivity contribution in [3.8, 4) is 5.75 Å². The summed E-state index contributed by atoms with van der Waals surface area (Å²) in [5.74, 6) is -0.904. The fourth-order valence-electron chi connectivity index (χ4n) is 1.39. The molecular formula is C14H15ClF2O3. The molecule has 0 aliphatic heterocycles. The van der Waals surface area contributed by atoms with Crippen LogP contribution in [0.15, 0.2) is 24.8 Å². The van der Waals surface area contributed by atoms with Gasteiger partial charge in [-0.3, -0.25) is 0 Å². The van der Waals surface area contributed by atoms with Crippen LogP contribution in [0.25, 0.3) is 5.57 Å². The van der Waals surface area contributed by atoms with Crippen molar-refractivity contribution < 1.29 is 23.0 Å². The Morgan fingerprint density at radius 3 is 2.45 bits per heavy atom. The highest BCUT2D eigenvalue weighted by Crippen LogP contribution is 2.31. The Morgan fingerprint density at radius 1 is 1.35 bits per heavy atom. The highest BCUT2D eigenvalue weighted by Gasteiger charge is 2.22. The molecular weight excluding hydrogens is 290 g/mol. The molecule has 0 saturated carbocycles. The van der Waals surface area contributed by atoms with Crippen LogP contribution in [0.2, 0.25) is 5.02 Å². The van der Waals surface area contributed by atoms with E-state index in [0.29, 0.717) is 0 Å². The molecule has 0 N–H and O–H groups in total. The number of hydrogen-bond donors (Lipinski definition) is 0. The molecule has 0 fully saturated rings. The molecule has 0 aliphatic rings. The lowest BCUT2D eigenvalue weighted by Crippen LogP contribution is -2.24. The third kappa shape index (κ3) is 4.81. The van der Waals surface area contributed by atoms with E-state index in [-0.39, 0.29) is 21.9 Å². The summed E-state index contributed by atoms with van der Waals surface area (Å²) in [6.07, 6.45) is 0. The highest BCUT2D eigenvalue weighted by molar-refractivity contribution is 6.31. The first-order valence-electron chi connectivity index (χ1n) is 5.77. The molecule has 0 heterocycles. The molecule has 0 atom stereocenters. The van der Waals surface area contributed by atoms with Crippen LogP contribution in [0.4, 0.5) is 8.78 Å². The zero-order valence-corrected chi connectivity index (χ0v) is 12.1. The smallest absolute Gasteiger partial charge is 0.387 e. The molecule has 0 radical (unpaired) electrons. The molecule has 6 heteroatoms. The van der Waals surface area contributed by atoms with Crippen LogP contribution in [0, 0.1) is 0 Å². The van der Waals surface area contributed by atoms with E-state index in [2.05, 4.69) is 11.3 Å². The zero-order chi connectivity index (χ0) is 15.5. The molecule has 0 amide bonds. The van der Waals surface area contributed by atoms with Gasteiger partial charge in [0.15, 0.2) is 0 Å². The van der Waals surface area contributed by atoms with E-state index >= 15 is 0 Å². The number of ether oxygens (including phenoxy) is 2. The summed E-state index contributed by atoms with van der Waals surface area (Å²) >= 11 is 5.80. The number of alkyl halides is 2. The van der Waals surface area contributed by atoms with Crippen LogP contribution < -0.4 is 4.74 Å². The summed E-state index contributed by atoms with van der Waals surface area (Å²) in [6, 6.07) is 3.95. The molecule has 3 nitrogen and oxygen atoms in total. The first-order chi connectivity index (χ1) is 9.10. The van der Waals surface area contributed by atoms with Crippen LogP contribution >= 0.6 is 11.6 Å². The average molecular weight is 305 g/mol. The van der Waals surface area contributed by atoms with Crippen LogP contribution in [0.5, 0.6) is 5.75 Å².